The van der Waals surface area contributed by atoms with E-state index in [1.165, 1.54) is 12.4 Å². The van der Waals surface area contributed by atoms with E-state index in [0.29, 0.717) is 10.3 Å². The molecule has 0 radical (unpaired) electrons. The average molecular weight is 244 g/mol. The molecular weight excluding hydrogens is 234 g/mol. The third kappa shape index (κ3) is 3.10. The van der Waals surface area contributed by atoms with Gasteiger partial charge in [-0.3, -0.25) is 4.79 Å². The molecule has 4 nitrogen and oxygen atoms in total. The van der Waals surface area contributed by atoms with Crippen LogP contribution in [0.2, 0.25) is 0 Å². The largest absolute Gasteiger partial charge is 0.348 e. The minimum Gasteiger partial charge on any atom is -0.348 e. The Labute approximate surface area is 84.9 Å². The molecule has 1 N–H and O–H groups in total. The summed E-state index contributed by atoms with van der Waals surface area (Å²) in [5.41, 5.74) is 0.330. The van der Waals surface area contributed by atoms with Gasteiger partial charge in [0.2, 0.25) is 0 Å². The first-order valence-corrected chi connectivity index (χ1v) is 4.67. The number of hydrogen-bond donors (Lipinski definition) is 1. The van der Waals surface area contributed by atoms with Crippen molar-refractivity contribution in [1.82, 2.24) is 15.3 Å². The molecule has 0 atom stereocenters. The van der Waals surface area contributed by atoms with Crippen LogP contribution in [0.1, 0.15) is 24.3 Å². The maximum absolute atomic E-state index is 11.3. The van der Waals surface area contributed by atoms with Gasteiger partial charge in [-0.15, -0.1) is 0 Å². The zero-order chi connectivity index (χ0) is 9.84. The molecule has 0 saturated carbocycles. The molecule has 0 aliphatic rings. The highest BCUT2D eigenvalue weighted by Gasteiger charge is 2.07. The van der Waals surface area contributed by atoms with Crippen molar-refractivity contribution >= 4 is 21.8 Å². The Bertz CT molecular complexity index is 297. The molecule has 0 aromatic carbocycles. The second-order valence-electron chi connectivity index (χ2n) is 2.85. The molecule has 13 heavy (non-hydrogen) atoms. The Hall–Kier alpha value is -0.970. The van der Waals surface area contributed by atoms with Crippen molar-refractivity contribution < 1.29 is 4.79 Å². The summed E-state index contributed by atoms with van der Waals surface area (Å²) in [5, 5.41) is 2.72. The molecule has 0 aliphatic carbocycles. The maximum Gasteiger partial charge on any atom is 0.271 e. The molecule has 0 bridgehead atoms. The lowest BCUT2D eigenvalue weighted by molar-refractivity contribution is 0.0937. The second kappa shape index (κ2) is 4.32. The van der Waals surface area contributed by atoms with Crippen molar-refractivity contribution in [1.29, 1.82) is 0 Å². The van der Waals surface area contributed by atoms with Crippen LogP contribution in [0.5, 0.6) is 0 Å². The van der Waals surface area contributed by atoms with E-state index in [1.807, 2.05) is 13.8 Å². The molecule has 1 rings (SSSR count). The van der Waals surface area contributed by atoms with Gasteiger partial charge in [0.05, 0.1) is 12.4 Å². The van der Waals surface area contributed by atoms with Gasteiger partial charge < -0.3 is 5.32 Å². The van der Waals surface area contributed by atoms with Gasteiger partial charge in [-0.2, -0.15) is 0 Å². The van der Waals surface area contributed by atoms with Crippen LogP contribution in [0, 0.1) is 0 Å². The van der Waals surface area contributed by atoms with E-state index in [9.17, 15) is 4.79 Å². The summed E-state index contributed by atoms with van der Waals surface area (Å²) in [6.45, 7) is 3.79. The first-order valence-electron chi connectivity index (χ1n) is 3.88. The van der Waals surface area contributed by atoms with Gasteiger partial charge in [-0.25, -0.2) is 9.97 Å². The number of rotatable bonds is 2. The molecule has 0 spiro atoms. The Morgan fingerprint density at radius 3 is 2.62 bits per heavy atom. The number of aromatic nitrogens is 2. The van der Waals surface area contributed by atoms with Crippen molar-refractivity contribution in [3.8, 4) is 0 Å². The quantitative estimate of drug-likeness (QED) is 0.854. The highest BCUT2D eigenvalue weighted by molar-refractivity contribution is 9.10. The predicted octanol–water partition coefficient (Wildman–Crippen LogP) is 1.38. The van der Waals surface area contributed by atoms with Crippen LogP contribution >= 0.6 is 15.9 Å². The Balaban J connectivity index is 2.72. The van der Waals surface area contributed by atoms with E-state index < -0.39 is 0 Å². The summed E-state index contributed by atoms with van der Waals surface area (Å²) < 4.78 is 0.619. The van der Waals surface area contributed by atoms with Gasteiger partial charge in [0.15, 0.2) is 0 Å². The Morgan fingerprint density at radius 2 is 2.15 bits per heavy atom. The molecule has 1 aromatic rings. The van der Waals surface area contributed by atoms with Crippen molar-refractivity contribution in [2.75, 3.05) is 0 Å². The number of amides is 1. The summed E-state index contributed by atoms with van der Waals surface area (Å²) in [4.78, 5) is 19.1. The van der Waals surface area contributed by atoms with Gasteiger partial charge in [0, 0.05) is 6.04 Å². The molecule has 1 aromatic heterocycles. The highest BCUT2D eigenvalue weighted by Crippen LogP contribution is 2.02. The zero-order valence-electron chi connectivity index (χ0n) is 7.41. The van der Waals surface area contributed by atoms with Crippen molar-refractivity contribution in [2.45, 2.75) is 19.9 Å². The lowest BCUT2D eigenvalue weighted by Crippen LogP contribution is -2.30. The lowest BCUT2D eigenvalue weighted by atomic mass is 10.3. The number of nitrogens with zero attached hydrogens (tertiary/aromatic N) is 2. The first kappa shape index (κ1) is 10.1. The van der Waals surface area contributed by atoms with Crippen LogP contribution in [0.3, 0.4) is 0 Å². The minimum atomic E-state index is -0.199. The molecule has 1 amide bonds. The molecule has 0 saturated heterocycles. The molecule has 70 valence electrons. The van der Waals surface area contributed by atoms with Crippen LogP contribution in [-0.2, 0) is 0 Å². The summed E-state index contributed by atoms with van der Waals surface area (Å²) in [6.07, 6.45) is 2.93. The van der Waals surface area contributed by atoms with Gasteiger partial charge in [-0.05, 0) is 29.8 Å². The third-order valence-electron chi connectivity index (χ3n) is 1.27. The molecule has 5 heteroatoms. The van der Waals surface area contributed by atoms with Gasteiger partial charge in [-0.1, -0.05) is 0 Å². The standard InChI is InChI=1S/C8H10BrN3O/c1-5(2)12-8(13)6-3-11-7(9)4-10-6/h3-5H,1-2H3,(H,12,13). The highest BCUT2D eigenvalue weighted by atomic mass is 79.9. The Kier molecular flexibility index (Phi) is 3.36. The van der Waals surface area contributed by atoms with E-state index in [1.54, 1.807) is 0 Å². The van der Waals surface area contributed by atoms with Crippen LogP contribution in [-0.4, -0.2) is 21.9 Å². The van der Waals surface area contributed by atoms with Crippen molar-refractivity contribution in [3.05, 3.63) is 22.7 Å². The van der Waals surface area contributed by atoms with Crippen LogP contribution < -0.4 is 5.32 Å². The second-order valence-corrected chi connectivity index (χ2v) is 3.67. The minimum absolute atomic E-state index is 0.109. The van der Waals surface area contributed by atoms with Crippen molar-refractivity contribution in [3.63, 3.8) is 0 Å². The van der Waals surface area contributed by atoms with Crippen LogP contribution in [0.25, 0.3) is 0 Å². The summed E-state index contributed by atoms with van der Waals surface area (Å²) in [5.74, 6) is -0.199. The third-order valence-corrected chi connectivity index (χ3v) is 1.68. The van der Waals surface area contributed by atoms with E-state index in [0.717, 1.165) is 0 Å². The molecule has 0 fully saturated rings. The maximum atomic E-state index is 11.3. The SMILES string of the molecule is CC(C)NC(=O)c1cnc(Br)cn1. The van der Waals surface area contributed by atoms with Gasteiger partial charge >= 0.3 is 0 Å². The molecule has 0 unspecified atom stereocenters. The summed E-state index contributed by atoms with van der Waals surface area (Å²) >= 11 is 3.14. The first-order chi connectivity index (χ1) is 6.09. The van der Waals surface area contributed by atoms with E-state index >= 15 is 0 Å². The fourth-order valence-electron chi connectivity index (χ4n) is 0.766. The van der Waals surface area contributed by atoms with E-state index in [4.69, 9.17) is 0 Å². The van der Waals surface area contributed by atoms with E-state index in [2.05, 4.69) is 31.2 Å². The smallest absolute Gasteiger partial charge is 0.271 e. The molecule has 1 heterocycles. The number of carbonyl (C=O) groups is 1. The number of hydrogen-bond acceptors (Lipinski definition) is 3. The topological polar surface area (TPSA) is 54.9 Å². The summed E-state index contributed by atoms with van der Waals surface area (Å²) in [6, 6.07) is 0.109. The average Bonchev–Trinajstić information content (AvgIpc) is 2.04. The van der Waals surface area contributed by atoms with Crippen LogP contribution in [0.4, 0.5) is 0 Å². The molecule has 0 aliphatic heterocycles. The van der Waals surface area contributed by atoms with Crippen molar-refractivity contribution in [2.24, 2.45) is 0 Å². The lowest BCUT2D eigenvalue weighted by Gasteiger charge is -2.06. The Morgan fingerprint density at radius 1 is 1.46 bits per heavy atom. The fraction of sp³-hybridized carbons (Fsp3) is 0.375. The number of carbonyl (C=O) groups excluding carboxylic acids is 1. The zero-order valence-corrected chi connectivity index (χ0v) is 9.00. The number of halogens is 1. The fourth-order valence-corrected chi connectivity index (χ4v) is 0.970. The van der Waals surface area contributed by atoms with E-state index in [-0.39, 0.29) is 11.9 Å². The summed E-state index contributed by atoms with van der Waals surface area (Å²) in [7, 11) is 0. The normalized spacial score (nSPS) is 10.2. The van der Waals surface area contributed by atoms with Gasteiger partial charge in [0.25, 0.3) is 5.91 Å². The number of nitrogens with one attached hydrogen (secondary N) is 1. The van der Waals surface area contributed by atoms with Crippen LogP contribution in [0.15, 0.2) is 17.0 Å². The van der Waals surface area contributed by atoms with Gasteiger partial charge in [0.1, 0.15) is 10.3 Å². The predicted molar refractivity (Wildman–Crippen MR) is 52.3 cm³/mol. The monoisotopic (exact) mass is 243 g/mol. The molecular formula is C8H10BrN3O.